The molecule has 0 bridgehead atoms. The second-order valence-electron chi connectivity index (χ2n) is 4.30. The van der Waals surface area contributed by atoms with Gasteiger partial charge in [-0.15, -0.1) is 0 Å². The molecule has 5 heteroatoms. The molecule has 0 aliphatic heterocycles. The summed E-state index contributed by atoms with van der Waals surface area (Å²) in [6.07, 6.45) is 0. The molecule has 1 aromatic heterocycles. The van der Waals surface area contributed by atoms with E-state index in [2.05, 4.69) is 33.6 Å². The zero-order valence-corrected chi connectivity index (χ0v) is 14.3. The zero-order valence-electron chi connectivity index (χ0n) is 11.9. The van der Waals surface area contributed by atoms with Crippen molar-refractivity contribution in [1.82, 2.24) is 0 Å². The van der Waals surface area contributed by atoms with Gasteiger partial charge in [-0.3, -0.25) is 0 Å². The van der Waals surface area contributed by atoms with Crippen LogP contribution in [0.4, 0.5) is 0 Å². The van der Waals surface area contributed by atoms with Crippen LogP contribution < -0.4 is 14.2 Å². The maximum Gasteiger partial charge on any atom is 0.203 e. The number of benzene rings is 1. The maximum absolute atomic E-state index is 5.54. The molecule has 0 radical (unpaired) electrons. The van der Waals surface area contributed by atoms with Crippen LogP contribution in [-0.2, 0) is 0 Å². The molecule has 20 heavy (non-hydrogen) atoms. The summed E-state index contributed by atoms with van der Waals surface area (Å²) in [5.74, 6) is 1.97. The van der Waals surface area contributed by atoms with Gasteiger partial charge in [0, 0.05) is 5.56 Å². The van der Waals surface area contributed by atoms with E-state index in [4.69, 9.17) is 14.2 Å². The first-order valence-corrected chi connectivity index (χ1v) is 7.95. The van der Waals surface area contributed by atoms with Gasteiger partial charge in [0.1, 0.15) is 0 Å². The number of methoxy groups -OCH3 is 3. The van der Waals surface area contributed by atoms with Gasteiger partial charge in [-0.05, 0) is 40.9 Å². The molecule has 0 spiro atoms. The van der Waals surface area contributed by atoms with E-state index in [1.165, 1.54) is 11.1 Å². The second kappa shape index (κ2) is 6.50. The van der Waals surface area contributed by atoms with Gasteiger partial charge in [0.15, 0.2) is 11.5 Å². The fraction of sp³-hybridized carbons (Fsp3) is 0.333. The molecule has 3 nitrogen and oxygen atoms in total. The van der Waals surface area contributed by atoms with Gasteiger partial charge in [0.25, 0.3) is 0 Å². The van der Waals surface area contributed by atoms with Crippen molar-refractivity contribution in [2.24, 2.45) is 0 Å². The Morgan fingerprint density at radius 1 is 0.950 bits per heavy atom. The van der Waals surface area contributed by atoms with Crippen LogP contribution >= 0.6 is 27.3 Å². The summed E-state index contributed by atoms with van der Waals surface area (Å²) in [6.45, 7) is 2.10. The number of thiophene rings is 1. The summed E-state index contributed by atoms with van der Waals surface area (Å²) in [6, 6.07) is 3.89. The van der Waals surface area contributed by atoms with Gasteiger partial charge in [0.2, 0.25) is 5.75 Å². The molecule has 0 amide bonds. The molecule has 0 saturated heterocycles. The molecule has 0 aliphatic carbocycles. The lowest BCUT2D eigenvalue weighted by atomic mass is 10.0. The molecular formula is C15H17BrO3S. The van der Waals surface area contributed by atoms with Crippen LogP contribution in [-0.4, -0.2) is 21.3 Å². The van der Waals surface area contributed by atoms with Crippen molar-refractivity contribution in [2.45, 2.75) is 11.8 Å². The van der Waals surface area contributed by atoms with E-state index < -0.39 is 0 Å². The average molecular weight is 357 g/mol. The Kier molecular flexibility index (Phi) is 4.94. The number of rotatable bonds is 5. The molecule has 2 rings (SSSR count). The molecule has 1 atom stereocenters. The Morgan fingerprint density at radius 2 is 1.65 bits per heavy atom. The smallest absolute Gasteiger partial charge is 0.203 e. The zero-order chi connectivity index (χ0) is 14.7. The Bertz CT molecular complexity index is 595. The first-order valence-electron chi connectivity index (χ1n) is 6.09. The van der Waals surface area contributed by atoms with E-state index in [0.717, 1.165) is 5.56 Å². The van der Waals surface area contributed by atoms with E-state index in [0.29, 0.717) is 17.2 Å². The van der Waals surface area contributed by atoms with Gasteiger partial charge < -0.3 is 14.2 Å². The third-order valence-corrected chi connectivity index (χ3v) is 5.04. The van der Waals surface area contributed by atoms with Crippen molar-refractivity contribution < 1.29 is 14.2 Å². The summed E-state index contributed by atoms with van der Waals surface area (Å²) >= 11 is 5.45. The normalized spacial score (nSPS) is 12.1. The summed E-state index contributed by atoms with van der Waals surface area (Å²) in [4.78, 5) is 0.0588. The Balaban J connectivity index is 2.54. The molecule has 0 aliphatic rings. The number of alkyl halides is 1. The average Bonchev–Trinajstić information content (AvgIpc) is 2.90. The van der Waals surface area contributed by atoms with Crippen LogP contribution in [0.3, 0.4) is 0 Å². The third-order valence-electron chi connectivity index (χ3n) is 3.18. The van der Waals surface area contributed by atoms with Crippen LogP contribution in [0.1, 0.15) is 21.5 Å². The lowest BCUT2D eigenvalue weighted by molar-refractivity contribution is 0.322. The lowest BCUT2D eigenvalue weighted by Crippen LogP contribution is -2.01. The minimum absolute atomic E-state index is 0.0588. The highest BCUT2D eigenvalue weighted by molar-refractivity contribution is 9.09. The molecule has 1 heterocycles. The van der Waals surface area contributed by atoms with Gasteiger partial charge >= 0.3 is 0 Å². The predicted octanol–water partition coefficient (Wildman–Crippen LogP) is 4.57. The third kappa shape index (κ3) is 2.65. The van der Waals surface area contributed by atoms with Crippen molar-refractivity contribution >= 4 is 27.3 Å². The summed E-state index contributed by atoms with van der Waals surface area (Å²) in [5, 5.41) is 4.28. The van der Waals surface area contributed by atoms with E-state index in [1.807, 2.05) is 12.1 Å². The fourth-order valence-electron chi connectivity index (χ4n) is 2.12. The number of ether oxygens (including phenoxy) is 3. The largest absolute Gasteiger partial charge is 0.493 e. The van der Waals surface area contributed by atoms with Gasteiger partial charge in [0.05, 0.1) is 26.2 Å². The summed E-state index contributed by atoms with van der Waals surface area (Å²) in [7, 11) is 4.87. The van der Waals surface area contributed by atoms with E-state index in [9.17, 15) is 0 Å². The van der Waals surface area contributed by atoms with Crippen LogP contribution in [0.15, 0.2) is 22.9 Å². The molecule has 1 aromatic carbocycles. The molecule has 2 aromatic rings. The van der Waals surface area contributed by atoms with E-state index >= 15 is 0 Å². The number of halogens is 1. The quantitative estimate of drug-likeness (QED) is 0.734. The monoisotopic (exact) mass is 356 g/mol. The number of hydrogen-bond donors (Lipinski definition) is 0. The fourth-order valence-corrected chi connectivity index (χ4v) is 4.03. The van der Waals surface area contributed by atoms with Crippen molar-refractivity contribution in [3.63, 3.8) is 0 Å². The van der Waals surface area contributed by atoms with Crippen molar-refractivity contribution in [2.75, 3.05) is 21.3 Å². The van der Waals surface area contributed by atoms with Gasteiger partial charge in [-0.25, -0.2) is 0 Å². The van der Waals surface area contributed by atoms with Crippen LogP contribution in [0.25, 0.3) is 0 Å². The highest BCUT2D eigenvalue weighted by atomic mass is 79.9. The summed E-state index contributed by atoms with van der Waals surface area (Å²) < 4.78 is 16.3. The topological polar surface area (TPSA) is 27.7 Å². The highest BCUT2D eigenvalue weighted by Gasteiger charge is 2.23. The molecule has 0 saturated carbocycles. The molecular weight excluding hydrogens is 340 g/mol. The molecule has 0 N–H and O–H groups in total. The first kappa shape index (κ1) is 15.2. The SMILES string of the molecule is COc1ccc(C(Br)c2cscc2C)c(OC)c1OC. The van der Waals surface area contributed by atoms with Crippen molar-refractivity contribution in [1.29, 1.82) is 0 Å². The van der Waals surface area contributed by atoms with Crippen molar-refractivity contribution in [3.8, 4) is 17.2 Å². The molecule has 1 unspecified atom stereocenters. The first-order chi connectivity index (χ1) is 9.63. The predicted molar refractivity (Wildman–Crippen MR) is 85.9 cm³/mol. The summed E-state index contributed by atoms with van der Waals surface area (Å²) in [5.41, 5.74) is 3.51. The van der Waals surface area contributed by atoms with E-state index in [1.54, 1.807) is 32.7 Å². The maximum atomic E-state index is 5.54. The number of aryl methyl sites for hydroxylation is 1. The van der Waals surface area contributed by atoms with Crippen molar-refractivity contribution in [3.05, 3.63) is 39.6 Å². The second-order valence-corrected chi connectivity index (χ2v) is 5.96. The standard InChI is InChI=1S/C15H17BrO3S/c1-9-7-20-8-11(9)13(16)10-5-6-12(17-2)15(19-4)14(10)18-3/h5-8,13H,1-4H3. The lowest BCUT2D eigenvalue weighted by Gasteiger charge is -2.19. The van der Waals surface area contributed by atoms with Crippen LogP contribution in [0.5, 0.6) is 17.2 Å². The number of hydrogen-bond acceptors (Lipinski definition) is 4. The Hall–Kier alpha value is -1.20. The Morgan fingerprint density at radius 3 is 2.15 bits per heavy atom. The highest BCUT2D eigenvalue weighted by Crippen LogP contribution is 2.46. The van der Waals surface area contributed by atoms with Crippen LogP contribution in [0.2, 0.25) is 0 Å². The molecule has 108 valence electrons. The van der Waals surface area contributed by atoms with E-state index in [-0.39, 0.29) is 4.83 Å². The Labute approximate surface area is 131 Å². The van der Waals surface area contributed by atoms with Crippen LogP contribution in [0, 0.1) is 6.92 Å². The van der Waals surface area contributed by atoms with Gasteiger partial charge in [-0.2, -0.15) is 11.3 Å². The molecule has 0 fully saturated rings. The van der Waals surface area contributed by atoms with Gasteiger partial charge in [-0.1, -0.05) is 15.9 Å². The minimum Gasteiger partial charge on any atom is -0.493 e. The minimum atomic E-state index is 0.0588.